The molecule has 23 heavy (non-hydrogen) atoms. The van der Waals surface area contributed by atoms with Gasteiger partial charge >= 0.3 is 0 Å². The molecule has 1 fully saturated rings. The first-order valence-corrected chi connectivity index (χ1v) is 8.19. The number of hydrogen-bond acceptors (Lipinski definition) is 5. The van der Waals surface area contributed by atoms with Crippen molar-refractivity contribution in [1.82, 2.24) is 9.97 Å². The van der Waals surface area contributed by atoms with E-state index >= 15 is 0 Å². The lowest BCUT2D eigenvalue weighted by Gasteiger charge is -2.27. The van der Waals surface area contributed by atoms with Gasteiger partial charge in [-0.3, -0.25) is 0 Å². The third-order valence-electron chi connectivity index (χ3n) is 4.45. The van der Waals surface area contributed by atoms with Crippen molar-refractivity contribution in [1.29, 1.82) is 0 Å². The molecular formula is C18H21N3O2. The molecule has 0 N–H and O–H groups in total. The van der Waals surface area contributed by atoms with Crippen LogP contribution in [0.4, 0.5) is 5.82 Å². The van der Waals surface area contributed by atoms with E-state index in [0.29, 0.717) is 19.3 Å². The molecule has 0 spiro atoms. The lowest BCUT2D eigenvalue weighted by atomic mass is 10.0. The first kappa shape index (κ1) is 14.3. The number of aromatic nitrogens is 2. The smallest absolute Gasteiger partial charge is 0.161 e. The second-order valence-electron chi connectivity index (χ2n) is 6.17. The molecule has 1 aromatic heterocycles. The van der Waals surface area contributed by atoms with Gasteiger partial charge in [-0.1, -0.05) is 6.07 Å². The molecule has 1 atom stereocenters. The number of fused-ring (bicyclic) bond motifs is 1. The molecular weight excluding hydrogens is 290 g/mol. The van der Waals surface area contributed by atoms with E-state index in [9.17, 15) is 0 Å². The van der Waals surface area contributed by atoms with Crippen molar-refractivity contribution in [2.75, 3.05) is 24.7 Å². The average molecular weight is 311 g/mol. The van der Waals surface area contributed by atoms with Crippen LogP contribution in [0.15, 0.2) is 24.3 Å². The summed E-state index contributed by atoms with van der Waals surface area (Å²) in [4.78, 5) is 11.4. The fourth-order valence-corrected chi connectivity index (χ4v) is 3.50. The largest absolute Gasteiger partial charge is 0.486 e. The number of nitrogens with zero attached hydrogens (tertiary/aromatic N) is 3. The molecule has 2 aliphatic heterocycles. The zero-order chi connectivity index (χ0) is 15.8. The molecule has 5 nitrogen and oxygen atoms in total. The highest BCUT2D eigenvalue weighted by Crippen LogP contribution is 2.39. The Balaban J connectivity index is 1.67. The average Bonchev–Trinajstić information content (AvgIpc) is 3.03. The third kappa shape index (κ3) is 2.71. The highest BCUT2D eigenvalue weighted by molar-refractivity contribution is 5.49. The van der Waals surface area contributed by atoms with Crippen molar-refractivity contribution in [2.24, 2.45) is 0 Å². The van der Waals surface area contributed by atoms with Crippen LogP contribution in [-0.4, -0.2) is 29.7 Å². The van der Waals surface area contributed by atoms with Gasteiger partial charge in [-0.05, 0) is 44.4 Å². The van der Waals surface area contributed by atoms with Gasteiger partial charge in [0.05, 0.1) is 6.04 Å². The molecule has 1 unspecified atom stereocenters. The van der Waals surface area contributed by atoms with Gasteiger partial charge in [0.15, 0.2) is 11.5 Å². The van der Waals surface area contributed by atoms with E-state index in [0.717, 1.165) is 41.8 Å². The summed E-state index contributed by atoms with van der Waals surface area (Å²) in [5.41, 5.74) is 2.28. The molecule has 5 heteroatoms. The van der Waals surface area contributed by atoms with Gasteiger partial charge in [0.2, 0.25) is 0 Å². The summed E-state index contributed by atoms with van der Waals surface area (Å²) in [6.07, 6.45) is 2.29. The van der Waals surface area contributed by atoms with Crippen LogP contribution < -0.4 is 14.4 Å². The second-order valence-corrected chi connectivity index (χ2v) is 6.17. The van der Waals surface area contributed by atoms with E-state index in [1.165, 1.54) is 12.0 Å². The van der Waals surface area contributed by atoms with Crippen LogP contribution in [0.1, 0.15) is 36.0 Å². The maximum atomic E-state index is 5.73. The standard InChI is InChI=1S/C18H21N3O2/c1-12-10-18(20-13(2)19-12)21-7-3-4-15(21)14-5-6-16-17(11-14)23-9-8-22-16/h5-6,10-11,15H,3-4,7-9H2,1-2H3. The zero-order valence-corrected chi connectivity index (χ0v) is 13.6. The number of anilines is 1. The Labute approximate surface area is 136 Å². The van der Waals surface area contributed by atoms with Crippen LogP contribution >= 0.6 is 0 Å². The molecule has 2 aromatic rings. The van der Waals surface area contributed by atoms with Gasteiger partial charge in [0.25, 0.3) is 0 Å². The van der Waals surface area contributed by atoms with E-state index < -0.39 is 0 Å². The zero-order valence-electron chi connectivity index (χ0n) is 13.6. The lowest BCUT2D eigenvalue weighted by molar-refractivity contribution is 0.171. The van der Waals surface area contributed by atoms with E-state index in [1.807, 2.05) is 19.9 Å². The molecule has 2 aliphatic rings. The van der Waals surface area contributed by atoms with Gasteiger partial charge in [-0.2, -0.15) is 0 Å². The summed E-state index contributed by atoms with van der Waals surface area (Å²) in [6.45, 7) is 6.24. The Morgan fingerprint density at radius 3 is 2.70 bits per heavy atom. The summed E-state index contributed by atoms with van der Waals surface area (Å²) >= 11 is 0. The minimum atomic E-state index is 0.333. The van der Waals surface area contributed by atoms with E-state index in [2.05, 4.69) is 33.1 Å². The van der Waals surface area contributed by atoms with Crippen molar-refractivity contribution in [3.05, 3.63) is 41.3 Å². The number of hydrogen-bond donors (Lipinski definition) is 0. The second kappa shape index (κ2) is 5.72. The van der Waals surface area contributed by atoms with Crippen molar-refractivity contribution < 1.29 is 9.47 Å². The maximum Gasteiger partial charge on any atom is 0.161 e. The number of aryl methyl sites for hydroxylation is 2. The van der Waals surface area contributed by atoms with Crippen LogP contribution in [0.5, 0.6) is 11.5 Å². The molecule has 4 rings (SSSR count). The molecule has 0 saturated carbocycles. The van der Waals surface area contributed by atoms with Crippen molar-refractivity contribution in [3.63, 3.8) is 0 Å². The Morgan fingerprint density at radius 1 is 1.04 bits per heavy atom. The Bertz CT molecular complexity index is 712. The summed E-state index contributed by atoms with van der Waals surface area (Å²) in [6, 6.07) is 8.70. The maximum absolute atomic E-state index is 5.73. The van der Waals surface area contributed by atoms with Crippen LogP contribution in [0, 0.1) is 13.8 Å². The molecule has 1 aromatic carbocycles. The predicted octanol–water partition coefficient (Wildman–Crippen LogP) is 3.21. The van der Waals surface area contributed by atoms with Gasteiger partial charge in [-0.15, -0.1) is 0 Å². The summed E-state index contributed by atoms with van der Waals surface area (Å²) in [5.74, 6) is 3.55. The van der Waals surface area contributed by atoms with Gasteiger partial charge in [0.1, 0.15) is 24.9 Å². The van der Waals surface area contributed by atoms with Crippen molar-refractivity contribution in [2.45, 2.75) is 32.7 Å². The van der Waals surface area contributed by atoms with E-state index in [1.54, 1.807) is 0 Å². The topological polar surface area (TPSA) is 47.5 Å². The molecule has 0 radical (unpaired) electrons. The Morgan fingerprint density at radius 2 is 1.87 bits per heavy atom. The summed E-state index contributed by atoms with van der Waals surface area (Å²) in [5, 5.41) is 0. The monoisotopic (exact) mass is 311 g/mol. The Kier molecular flexibility index (Phi) is 3.56. The predicted molar refractivity (Wildman–Crippen MR) is 88.3 cm³/mol. The summed E-state index contributed by atoms with van der Waals surface area (Å²) < 4.78 is 11.4. The normalized spacial score (nSPS) is 19.9. The van der Waals surface area contributed by atoms with Gasteiger partial charge < -0.3 is 14.4 Å². The number of benzene rings is 1. The SMILES string of the molecule is Cc1cc(N2CCCC2c2ccc3c(c2)OCCO3)nc(C)n1. The first-order valence-electron chi connectivity index (χ1n) is 8.19. The quantitative estimate of drug-likeness (QED) is 0.852. The first-order chi connectivity index (χ1) is 11.2. The third-order valence-corrected chi connectivity index (χ3v) is 4.45. The Hall–Kier alpha value is -2.30. The van der Waals surface area contributed by atoms with Gasteiger partial charge in [-0.25, -0.2) is 9.97 Å². The van der Waals surface area contributed by atoms with Crippen LogP contribution in [0.2, 0.25) is 0 Å². The van der Waals surface area contributed by atoms with Crippen LogP contribution in [0.3, 0.4) is 0 Å². The van der Waals surface area contributed by atoms with Gasteiger partial charge in [0, 0.05) is 18.3 Å². The molecule has 3 heterocycles. The fraction of sp³-hybridized carbons (Fsp3) is 0.444. The molecule has 1 saturated heterocycles. The van der Waals surface area contributed by atoms with Crippen LogP contribution in [-0.2, 0) is 0 Å². The van der Waals surface area contributed by atoms with Crippen molar-refractivity contribution in [3.8, 4) is 11.5 Å². The van der Waals surface area contributed by atoms with E-state index in [4.69, 9.17) is 9.47 Å². The number of ether oxygens (including phenoxy) is 2. The minimum Gasteiger partial charge on any atom is -0.486 e. The fourth-order valence-electron chi connectivity index (χ4n) is 3.50. The van der Waals surface area contributed by atoms with Crippen molar-refractivity contribution >= 4 is 5.82 Å². The van der Waals surface area contributed by atoms with E-state index in [-0.39, 0.29) is 0 Å². The summed E-state index contributed by atoms with van der Waals surface area (Å²) in [7, 11) is 0. The lowest BCUT2D eigenvalue weighted by Crippen LogP contribution is -2.24. The van der Waals surface area contributed by atoms with Crippen LogP contribution in [0.25, 0.3) is 0 Å². The molecule has 0 bridgehead atoms. The highest BCUT2D eigenvalue weighted by Gasteiger charge is 2.28. The molecule has 120 valence electrons. The molecule has 0 amide bonds. The number of rotatable bonds is 2. The highest BCUT2D eigenvalue weighted by atomic mass is 16.6. The molecule has 0 aliphatic carbocycles. The minimum absolute atomic E-state index is 0.333.